The van der Waals surface area contributed by atoms with Gasteiger partial charge in [-0.1, -0.05) is 12.8 Å². The molecule has 0 radical (unpaired) electrons. The number of hydrogen-bond acceptors (Lipinski definition) is 4. The van der Waals surface area contributed by atoms with Crippen LogP contribution >= 0.6 is 15.9 Å². The van der Waals surface area contributed by atoms with E-state index >= 15 is 0 Å². The number of halogens is 1. The van der Waals surface area contributed by atoms with Gasteiger partial charge in [-0.2, -0.15) is 0 Å². The molecule has 1 aliphatic rings. The first-order valence-electron chi connectivity index (χ1n) is 5.61. The maximum atomic E-state index is 11.9. The van der Waals surface area contributed by atoms with Crippen LogP contribution in [0.3, 0.4) is 0 Å². The summed E-state index contributed by atoms with van der Waals surface area (Å²) in [5.74, 6) is 6.37. The van der Waals surface area contributed by atoms with Gasteiger partial charge < -0.3 is 10.7 Å². The van der Waals surface area contributed by atoms with E-state index in [-0.39, 0.29) is 5.91 Å². The van der Waals surface area contributed by atoms with E-state index in [0.717, 1.165) is 16.8 Å². The molecule has 2 rings (SSSR count). The molecule has 4 N–H and O–H groups in total. The highest BCUT2D eigenvalue weighted by atomic mass is 79.9. The Morgan fingerprint density at radius 3 is 3.00 bits per heavy atom. The molecule has 1 saturated carbocycles. The van der Waals surface area contributed by atoms with Gasteiger partial charge in [-0.15, -0.1) is 0 Å². The van der Waals surface area contributed by atoms with Crippen molar-refractivity contribution in [1.29, 1.82) is 0 Å². The van der Waals surface area contributed by atoms with Crippen molar-refractivity contribution < 1.29 is 4.79 Å². The van der Waals surface area contributed by atoms with Gasteiger partial charge >= 0.3 is 0 Å². The fourth-order valence-corrected chi connectivity index (χ4v) is 1.95. The molecular weight excluding hydrogens is 284 g/mol. The van der Waals surface area contributed by atoms with Gasteiger partial charge in [0.1, 0.15) is 0 Å². The van der Waals surface area contributed by atoms with Crippen LogP contribution in [0.25, 0.3) is 0 Å². The summed E-state index contributed by atoms with van der Waals surface area (Å²) in [5.41, 5.74) is 2.88. The Labute approximate surface area is 108 Å². The number of pyridine rings is 1. The molecule has 0 saturated heterocycles. The van der Waals surface area contributed by atoms with E-state index in [1.54, 1.807) is 12.3 Å². The van der Waals surface area contributed by atoms with Crippen molar-refractivity contribution in [2.45, 2.75) is 19.3 Å². The first-order chi connectivity index (χ1) is 8.20. The second-order valence-electron chi connectivity index (χ2n) is 4.18. The SMILES string of the molecule is NNc1ncc(Br)cc1C(=O)NCCC1CC1. The molecule has 1 amide bonds. The van der Waals surface area contributed by atoms with Crippen LogP contribution in [0, 0.1) is 5.92 Å². The second-order valence-corrected chi connectivity index (χ2v) is 5.10. The average Bonchev–Trinajstić information content (AvgIpc) is 3.13. The Morgan fingerprint density at radius 1 is 1.59 bits per heavy atom. The number of hydrazine groups is 1. The van der Waals surface area contributed by atoms with E-state index in [4.69, 9.17) is 5.84 Å². The lowest BCUT2D eigenvalue weighted by atomic mass is 10.2. The molecule has 17 heavy (non-hydrogen) atoms. The Balaban J connectivity index is 1.98. The quantitative estimate of drug-likeness (QED) is 0.570. The zero-order valence-corrected chi connectivity index (χ0v) is 11.0. The normalized spacial score (nSPS) is 14.5. The molecule has 0 aromatic carbocycles. The highest BCUT2D eigenvalue weighted by Gasteiger charge is 2.21. The highest BCUT2D eigenvalue weighted by Crippen LogP contribution is 2.31. The van der Waals surface area contributed by atoms with Gasteiger partial charge in [0.05, 0.1) is 5.56 Å². The lowest BCUT2D eigenvalue weighted by molar-refractivity contribution is 0.0953. The third-order valence-corrected chi connectivity index (χ3v) is 3.20. The molecule has 0 bridgehead atoms. The topological polar surface area (TPSA) is 80.0 Å². The Kier molecular flexibility index (Phi) is 3.96. The van der Waals surface area contributed by atoms with Crippen LogP contribution in [0.15, 0.2) is 16.7 Å². The van der Waals surface area contributed by atoms with Crippen LogP contribution in [-0.4, -0.2) is 17.4 Å². The molecule has 1 aliphatic carbocycles. The van der Waals surface area contributed by atoms with Gasteiger partial charge in [0.15, 0.2) is 5.82 Å². The zero-order valence-electron chi connectivity index (χ0n) is 9.37. The molecule has 0 spiro atoms. The number of nitrogens with two attached hydrogens (primary N) is 1. The van der Waals surface area contributed by atoms with Crippen molar-refractivity contribution >= 4 is 27.7 Å². The maximum absolute atomic E-state index is 11.9. The molecule has 0 aliphatic heterocycles. The second kappa shape index (κ2) is 5.46. The average molecular weight is 299 g/mol. The van der Waals surface area contributed by atoms with Crippen molar-refractivity contribution in [2.75, 3.05) is 12.0 Å². The first kappa shape index (κ1) is 12.3. The minimum absolute atomic E-state index is 0.146. The van der Waals surface area contributed by atoms with Gasteiger partial charge in [0, 0.05) is 17.2 Å². The zero-order chi connectivity index (χ0) is 12.3. The lowest BCUT2D eigenvalue weighted by Crippen LogP contribution is -2.26. The van der Waals surface area contributed by atoms with Crippen LogP contribution in [-0.2, 0) is 0 Å². The van der Waals surface area contributed by atoms with Crippen LogP contribution in [0.1, 0.15) is 29.6 Å². The smallest absolute Gasteiger partial charge is 0.255 e. The van der Waals surface area contributed by atoms with Crippen molar-refractivity contribution in [2.24, 2.45) is 11.8 Å². The number of hydrogen-bond donors (Lipinski definition) is 3. The van der Waals surface area contributed by atoms with E-state index in [1.807, 2.05) is 0 Å². The highest BCUT2D eigenvalue weighted by molar-refractivity contribution is 9.10. The summed E-state index contributed by atoms with van der Waals surface area (Å²) < 4.78 is 0.754. The number of anilines is 1. The molecule has 0 unspecified atom stereocenters. The van der Waals surface area contributed by atoms with Crippen molar-refractivity contribution in [1.82, 2.24) is 10.3 Å². The number of nitrogens with zero attached hydrogens (tertiary/aromatic N) is 1. The number of carbonyl (C=O) groups is 1. The monoisotopic (exact) mass is 298 g/mol. The summed E-state index contributed by atoms with van der Waals surface area (Å²) in [7, 11) is 0. The summed E-state index contributed by atoms with van der Waals surface area (Å²) >= 11 is 3.28. The van der Waals surface area contributed by atoms with Crippen LogP contribution in [0.5, 0.6) is 0 Å². The van der Waals surface area contributed by atoms with Crippen molar-refractivity contribution in [3.63, 3.8) is 0 Å². The minimum Gasteiger partial charge on any atom is -0.352 e. The van der Waals surface area contributed by atoms with E-state index in [1.165, 1.54) is 12.8 Å². The molecule has 0 atom stereocenters. The predicted molar refractivity (Wildman–Crippen MR) is 69.4 cm³/mol. The van der Waals surface area contributed by atoms with Gasteiger partial charge in [0.2, 0.25) is 0 Å². The molecule has 5 nitrogen and oxygen atoms in total. The number of nitrogen functional groups attached to an aromatic ring is 1. The molecular formula is C11H15BrN4O. The van der Waals surface area contributed by atoms with Gasteiger partial charge in [-0.05, 0) is 34.3 Å². The third kappa shape index (κ3) is 3.41. The summed E-state index contributed by atoms with van der Waals surface area (Å²) in [5, 5.41) is 2.88. The largest absolute Gasteiger partial charge is 0.352 e. The van der Waals surface area contributed by atoms with E-state index < -0.39 is 0 Å². The molecule has 1 fully saturated rings. The van der Waals surface area contributed by atoms with Crippen molar-refractivity contribution in [3.8, 4) is 0 Å². The first-order valence-corrected chi connectivity index (χ1v) is 6.40. The van der Waals surface area contributed by atoms with Gasteiger partial charge in [-0.25, -0.2) is 10.8 Å². The number of rotatable bonds is 5. The van der Waals surface area contributed by atoms with Crippen LogP contribution in [0.2, 0.25) is 0 Å². The van der Waals surface area contributed by atoms with Crippen LogP contribution in [0.4, 0.5) is 5.82 Å². The summed E-state index contributed by atoms with van der Waals surface area (Å²) in [6.45, 7) is 0.708. The Hall–Kier alpha value is -1.14. The number of carbonyl (C=O) groups excluding carboxylic acids is 1. The summed E-state index contributed by atoms with van der Waals surface area (Å²) in [4.78, 5) is 15.9. The van der Waals surface area contributed by atoms with E-state index in [9.17, 15) is 4.79 Å². The molecule has 1 aromatic rings. The number of aromatic nitrogens is 1. The molecule has 92 valence electrons. The maximum Gasteiger partial charge on any atom is 0.255 e. The number of nitrogens with one attached hydrogen (secondary N) is 2. The van der Waals surface area contributed by atoms with Crippen molar-refractivity contribution in [3.05, 3.63) is 22.3 Å². The third-order valence-electron chi connectivity index (χ3n) is 2.77. The number of amides is 1. The summed E-state index contributed by atoms with van der Waals surface area (Å²) in [6.07, 6.45) is 5.24. The standard InChI is InChI=1S/C11H15BrN4O/c12-8-5-9(10(16-13)15-6-8)11(17)14-4-3-7-1-2-7/h5-7H,1-4,13H2,(H,14,17)(H,15,16). The lowest BCUT2D eigenvalue weighted by Gasteiger charge is -2.09. The molecule has 1 heterocycles. The van der Waals surface area contributed by atoms with E-state index in [2.05, 4.69) is 31.7 Å². The molecule has 6 heteroatoms. The summed E-state index contributed by atoms with van der Waals surface area (Å²) in [6, 6.07) is 1.70. The van der Waals surface area contributed by atoms with Gasteiger partial charge in [-0.3, -0.25) is 4.79 Å². The Bertz CT molecular complexity index is 420. The van der Waals surface area contributed by atoms with Crippen LogP contribution < -0.4 is 16.6 Å². The van der Waals surface area contributed by atoms with Gasteiger partial charge in [0.25, 0.3) is 5.91 Å². The fourth-order valence-electron chi connectivity index (χ4n) is 1.62. The molecule has 1 aromatic heterocycles. The predicted octanol–water partition coefficient (Wildman–Crippen LogP) is 1.66. The van der Waals surface area contributed by atoms with E-state index in [0.29, 0.717) is 17.9 Å². The minimum atomic E-state index is -0.146. The fraction of sp³-hybridized carbons (Fsp3) is 0.455. The Morgan fingerprint density at radius 2 is 2.35 bits per heavy atom.